The molecule has 3 nitrogen and oxygen atoms in total. The fraction of sp³-hybridized carbons (Fsp3) is 0.500. The number of ether oxygens (including phenoxy) is 1. The SMILES string of the molecule is Cc1ccc(NC(=S)NCC2CCCO2)c(C)c1. The number of thiocarbonyl (C=S) groups is 1. The van der Waals surface area contributed by atoms with Gasteiger partial charge in [-0.15, -0.1) is 0 Å². The average molecular weight is 264 g/mol. The summed E-state index contributed by atoms with van der Waals surface area (Å²) in [6, 6.07) is 6.29. The normalized spacial score (nSPS) is 18.7. The lowest BCUT2D eigenvalue weighted by Crippen LogP contribution is -2.34. The molecule has 1 heterocycles. The zero-order chi connectivity index (χ0) is 13.0. The third-order valence-electron chi connectivity index (χ3n) is 3.14. The Balaban J connectivity index is 1.82. The molecule has 1 fully saturated rings. The van der Waals surface area contributed by atoms with Gasteiger partial charge in [-0.2, -0.15) is 0 Å². The molecule has 0 saturated carbocycles. The minimum absolute atomic E-state index is 0.309. The molecular weight excluding hydrogens is 244 g/mol. The molecule has 2 N–H and O–H groups in total. The maximum atomic E-state index is 5.54. The predicted molar refractivity (Wildman–Crippen MR) is 79.1 cm³/mol. The molecule has 0 aromatic heterocycles. The summed E-state index contributed by atoms with van der Waals surface area (Å²) in [7, 11) is 0. The molecule has 1 atom stereocenters. The van der Waals surface area contributed by atoms with Crippen LogP contribution in [0.1, 0.15) is 24.0 Å². The van der Waals surface area contributed by atoms with Crippen molar-refractivity contribution >= 4 is 23.0 Å². The fourth-order valence-corrected chi connectivity index (χ4v) is 2.33. The van der Waals surface area contributed by atoms with Crippen molar-refractivity contribution in [3.8, 4) is 0 Å². The molecule has 2 rings (SSSR count). The molecule has 0 aliphatic carbocycles. The standard InChI is InChI=1S/C14H20N2OS/c1-10-5-6-13(11(2)8-10)16-14(18)15-9-12-4-3-7-17-12/h5-6,8,12H,3-4,7,9H2,1-2H3,(H2,15,16,18). The molecule has 98 valence electrons. The molecule has 0 spiro atoms. The minimum atomic E-state index is 0.309. The van der Waals surface area contributed by atoms with E-state index in [0.29, 0.717) is 11.2 Å². The van der Waals surface area contributed by atoms with Crippen molar-refractivity contribution in [2.24, 2.45) is 0 Å². The van der Waals surface area contributed by atoms with Crippen LogP contribution in [0.4, 0.5) is 5.69 Å². The van der Waals surface area contributed by atoms with Crippen LogP contribution in [0.25, 0.3) is 0 Å². The van der Waals surface area contributed by atoms with Gasteiger partial charge in [0.1, 0.15) is 0 Å². The minimum Gasteiger partial charge on any atom is -0.376 e. The molecule has 0 radical (unpaired) electrons. The van der Waals surface area contributed by atoms with Gasteiger partial charge in [0.05, 0.1) is 6.10 Å². The number of nitrogens with one attached hydrogen (secondary N) is 2. The Morgan fingerprint density at radius 1 is 1.44 bits per heavy atom. The van der Waals surface area contributed by atoms with E-state index in [4.69, 9.17) is 17.0 Å². The van der Waals surface area contributed by atoms with Gasteiger partial charge >= 0.3 is 0 Å². The van der Waals surface area contributed by atoms with E-state index < -0.39 is 0 Å². The van der Waals surface area contributed by atoms with Crippen LogP contribution >= 0.6 is 12.2 Å². The van der Waals surface area contributed by atoms with E-state index in [1.54, 1.807) is 0 Å². The second-order valence-electron chi connectivity index (χ2n) is 4.79. The highest BCUT2D eigenvalue weighted by atomic mass is 32.1. The van der Waals surface area contributed by atoms with Crippen LogP contribution in [0.15, 0.2) is 18.2 Å². The number of hydrogen-bond donors (Lipinski definition) is 2. The van der Waals surface area contributed by atoms with Crippen LogP contribution in [-0.2, 0) is 4.74 Å². The van der Waals surface area contributed by atoms with Gasteiger partial charge < -0.3 is 15.4 Å². The first-order valence-electron chi connectivity index (χ1n) is 6.39. The van der Waals surface area contributed by atoms with Gasteiger partial charge in [0.2, 0.25) is 0 Å². The van der Waals surface area contributed by atoms with E-state index in [2.05, 4.69) is 42.7 Å². The zero-order valence-corrected chi connectivity index (χ0v) is 11.8. The Hall–Kier alpha value is -1.13. The summed E-state index contributed by atoms with van der Waals surface area (Å²) in [4.78, 5) is 0. The molecule has 4 heteroatoms. The van der Waals surface area contributed by atoms with Crippen molar-refractivity contribution in [3.63, 3.8) is 0 Å². The average Bonchev–Trinajstić information content (AvgIpc) is 2.83. The smallest absolute Gasteiger partial charge is 0.170 e. The molecule has 0 amide bonds. The second-order valence-corrected chi connectivity index (χ2v) is 5.20. The maximum Gasteiger partial charge on any atom is 0.170 e. The van der Waals surface area contributed by atoms with E-state index in [1.165, 1.54) is 11.1 Å². The molecule has 1 aromatic carbocycles. The molecule has 1 unspecified atom stereocenters. The lowest BCUT2D eigenvalue weighted by atomic mass is 10.1. The van der Waals surface area contributed by atoms with E-state index in [9.17, 15) is 0 Å². The van der Waals surface area contributed by atoms with Gasteiger partial charge in [0, 0.05) is 18.8 Å². The van der Waals surface area contributed by atoms with E-state index in [0.717, 1.165) is 31.7 Å². The van der Waals surface area contributed by atoms with E-state index in [-0.39, 0.29) is 0 Å². The fourth-order valence-electron chi connectivity index (χ4n) is 2.13. The van der Waals surface area contributed by atoms with Gasteiger partial charge in [-0.05, 0) is 50.5 Å². The van der Waals surface area contributed by atoms with Crippen LogP contribution in [-0.4, -0.2) is 24.4 Å². The van der Waals surface area contributed by atoms with Crippen molar-refractivity contribution in [1.29, 1.82) is 0 Å². The molecule has 1 saturated heterocycles. The summed E-state index contributed by atoms with van der Waals surface area (Å²) in [6.45, 7) is 5.84. The first-order valence-corrected chi connectivity index (χ1v) is 6.79. The molecule has 1 aromatic rings. The van der Waals surface area contributed by atoms with Crippen LogP contribution in [0, 0.1) is 13.8 Å². The largest absolute Gasteiger partial charge is 0.376 e. The van der Waals surface area contributed by atoms with E-state index in [1.807, 2.05) is 0 Å². The summed E-state index contributed by atoms with van der Waals surface area (Å²) in [5, 5.41) is 7.10. The lowest BCUT2D eigenvalue weighted by Gasteiger charge is -2.15. The topological polar surface area (TPSA) is 33.3 Å². The highest BCUT2D eigenvalue weighted by molar-refractivity contribution is 7.80. The number of anilines is 1. The molecular formula is C14H20N2OS. The summed E-state index contributed by atoms with van der Waals surface area (Å²) in [5.41, 5.74) is 3.53. The Kier molecular flexibility index (Phi) is 4.55. The zero-order valence-electron chi connectivity index (χ0n) is 11.0. The molecule has 1 aliphatic heterocycles. The van der Waals surface area contributed by atoms with Gasteiger partial charge in [0.15, 0.2) is 5.11 Å². The Morgan fingerprint density at radius 3 is 2.94 bits per heavy atom. The van der Waals surface area contributed by atoms with E-state index >= 15 is 0 Å². The number of rotatable bonds is 3. The van der Waals surface area contributed by atoms with Crippen molar-refractivity contribution in [3.05, 3.63) is 29.3 Å². The first kappa shape index (κ1) is 13.3. The first-order chi connectivity index (χ1) is 8.65. The van der Waals surface area contributed by atoms with Crippen LogP contribution in [0.2, 0.25) is 0 Å². The molecule has 18 heavy (non-hydrogen) atoms. The highest BCUT2D eigenvalue weighted by Gasteiger charge is 2.15. The number of hydrogen-bond acceptors (Lipinski definition) is 2. The van der Waals surface area contributed by atoms with Crippen molar-refractivity contribution in [1.82, 2.24) is 5.32 Å². The lowest BCUT2D eigenvalue weighted by molar-refractivity contribution is 0.114. The Morgan fingerprint density at radius 2 is 2.28 bits per heavy atom. The number of benzene rings is 1. The Bertz CT molecular complexity index is 428. The molecule has 1 aliphatic rings. The quantitative estimate of drug-likeness (QED) is 0.823. The van der Waals surface area contributed by atoms with Gasteiger partial charge in [0.25, 0.3) is 0 Å². The molecule has 0 bridgehead atoms. The monoisotopic (exact) mass is 264 g/mol. The summed E-state index contributed by atoms with van der Waals surface area (Å²) >= 11 is 5.29. The van der Waals surface area contributed by atoms with Crippen LogP contribution < -0.4 is 10.6 Å². The third kappa shape index (κ3) is 3.68. The summed E-state index contributed by atoms with van der Waals surface area (Å²) in [6.07, 6.45) is 2.59. The predicted octanol–water partition coefficient (Wildman–Crippen LogP) is 2.77. The summed E-state index contributed by atoms with van der Waals surface area (Å²) < 4.78 is 5.54. The second kappa shape index (κ2) is 6.16. The number of aryl methyl sites for hydroxylation is 2. The van der Waals surface area contributed by atoms with Gasteiger partial charge in [-0.3, -0.25) is 0 Å². The highest BCUT2D eigenvalue weighted by Crippen LogP contribution is 2.16. The van der Waals surface area contributed by atoms with Crippen molar-refractivity contribution in [2.45, 2.75) is 32.8 Å². The maximum absolute atomic E-state index is 5.54. The van der Waals surface area contributed by atoms with Gasteiger partial charge in [-0.1, -0.05) is 17.7 Å². The van der Waals surface area contributed by atoms with Crippen LogP contribution in [0.3, 0.4) is 0 Å². The van der Waals surface area contributed by atoms with Gasteiger partial charge in [-0.25, -0.2) is 0 Å². The van der Waals surface area contributed by atoms with Crippen molar-refractivity contribution < 1.29 is 4.74 Å². The summed E-state index contributed by atoms with van der Waals surface area (Å²) in [5.74, 6) is 0. The van der Waals surface area contributed by atoms with Crippen LogP contribution in [0.5, 0.6) is 0 Å². The third-order valence-corrected chi connectivity index (χ3v) is 3.39. The Labute approximate surface area is 114 Å². The van der Waals surface area contributed by atoms with Crippen molar-refractivity contribution in [2.75, 3.05) is 18.5 Å².